The number of hydrogen-bond acceptors (Lipinski definition) is 7. The normalized spacial score (nSPS) is 10.4. The van der Waals surface area contributed by atoms with Crippen molar-refractivity contribution in [2.45, 2.75) is 13.8 Å². The van der Waals surface area contributed by atoms with Gasteiger partial charge in [-0.05, 0) is 44.2 Å². The minimum absolute atomic E-state index is 0.0871. The summed E-state index contributed by atoms with van der Waals surface area (Å²) in [4.78, 5) is 0. The number of aromatic nitrogens is 3. The maximum atomic E-state index is 8.00. The predicted molar refractivity (Wildman–Crippen MR) is 110 cm³/mol. The fourth-order valence-corrected chi connectivity index (χ4v) is 2.77. The lowest BCUT2D eigenvalue weighted by Crippen LogP contribution is -2.07. The summed E-state index contributed by atoms with van der Waals surface area (Å²) in [7, 11) is 1.58. The number of hydrogen-bond donors (Lipinski definition) is 2. The first-order valence-electron chi connectivity index (χ1n) is 9.22. The van der Waals surface area contributed by atoms with Gasteiger partial charge in [0.1, 0.15) is 17.1 Å². The lowest BCUT2D eigenvalue weighted by atomic mass is 10.1. The highest BCUT2D eigenvalue weighted by Gasteiger charge is 2.13. The van der Waals surface area contributed by atoms with Crippen LogP contribution in [-0.4, -0.2) is 47.1 Å². The van der Waals surface area contributed by atoms with Crippen molar-refractivity contribution < 1.29 is 14.2 Å². The van der Waals surface area contributed by atoms with Crippen molar-refractivity contribution in [2.24, 2.45) is 0 Å². The molecule has 0 bridgehead atoms. The molecule has 8 heteroatoms. The highest BCUT2D eigenvalue weighted by molar-refractivity contribution is 5.93. The van der Waals surface area contributed by atoms with Gasteiger partial charge in [-0.15, -0.1) is 5.10 Å². The molecule has 29 heavy (non-hydrogen) atoms. The van der Waals surface area contributed by atoms with Crippen molar-refractivity contribution in [3.05, 3.63) is 59.8 Å². The fourth-order valence-electron chi connectivity index (χ4n) is 2.77. The molecule has 2 N–H and O–H groups in total. The number of nitrogens with one attached hydrogen (secondary N) is 2. The van der Waals surface area contributed by atoms with E-state index >= 15 is 0 Å². The predicted octanol–water partition coefficient (Wildman–Crippen LogP) is 3.67. The molecular weight excluding hydrogens is 370 g/mol. The number of ether oxygens (including phenoxy) is 3. The van der Waals surface area contributed by atoms with E-state index < -0.39 is 0 Å². The summed E-state index contributed by atoms with van der Waals surface area (Å²) < 4.78 is 17.5. The van der Waals surface area contributed by atoms with Gasteiger partial charge in [0.2, 0.25) is 11.8 Å². The molecule has 2 aromatic carbocycles. The van der Waals surface area contributed by atoms with Gasteiger partial charge in [-0.1, -0.05) is 17.3 Å². The Morgan fingerprint density at radius 1 is 0.931 bits per heavy atom. The van der Waals surface area contributed by atoms with Crippen molar-refractivity contribution in [2.75, 3.05) is 20.3 Å². The molecule has 0 saturated heterocycles. The Kier molecular flexibility index (Phi) is 6.23. The summed E-state index contributed by atoms with van der Waals surface area (Å²) in [6.07, 6.45) is 1.79. The summed E-state index contributed by atoms with van der Waals surface area (Å²) in [5.41, 5.74) is 3.52. The van der Waals surface area contributed by atoms with Gasteiger partial charge >= 0.3 is 0 Å². The van der Waals surface area contributed by atoms with Crippen LogP contribution in [-0.2, 0) is 9.47 Å². The van der Waals surface area contributed by atoms with E-state index in [0.29, 0.717) is 41.5 Å². The molecule has 0 radical (unpaired) electrons. The maximum absolute atomic E-state index is 8.00. The molecule has 0 atom stereocenters. The van der Waals surface area contributed by atoms with E-state index in [1.54, 1.807) is 36.2 Å². The fraction of sp³-hybridized carbons (Fsp3) is 0.238. The zero-order valence-corrected chi connectivity index (χ0v) is 16.6. The van der Waals surface area contributed by atoms with E-state index in [1.807, 2.05) is 38.1 Å². The van der Waals surface area contributed by atoms with Crippen molar-refractivity contribution >= 4 is 11.8 Å². The van der Waals surface area contributed by atoms with Crippen LogP contribution in [0.5, 0.6) is 5.75 Å². The molecule has 150 valence electrons. The van der Waals surface area contributed by atoms with Crippen molar-refractivity contribution in [1.29, 1.82) is 10.8 Å². The molecule has 1 aromatic heterocycles. The van der Waals surface area contributed by atoms with E-state index in [1.165, 1.54) is 0 Å². The van der Waals surface area contributed by atoms with Gasteiger partial charge in [0.15, 0.2) is 0 Å². The third kappa shape index (κ3) is 4.43. The van der Waals surface area contributed by atoms with E-state index in [9.17, 15) is 0 Å². The third-order valence-electron chi connectivity index (χ3n) is 4.20. The Labute approximate surface area is 169 Å². The average molecular weight is 393 g/mol. The second-order valence-corrected chi connectivity index (χ2v) is 6.04. The Balaban J connectivity index is 1.90. The van der Waals surface area contributed by atoms with Crippen molar-refractivity contribution in [1.82, 2.24) is 15.0 Å². The highest BCUT2D eigenvalue weighted by Crippen LogP contribution is 2.26. The van der Waals surface area contributed by atoms with Crippen LogP contribution >= 0.6 is 0 Å². The molecular formula is C21H23N5O3. The SMILES string of the molecule is CCOC(=N)c1ccc(-c2cn(-c3cc(C(=N)OCC)ccc3OC)nn2)cc1. The smallest absolute Gasteiger partial charge is 0.213 e. The van der Waals surface area contributed by atoms with Crippen LogP contribution in [0.4, 0.5) is 0 Å². The summed E-state index contributed by atoms with van der Waals surface area (Å²) in [5, 5.41) is 24.3. The zero-order valence-electron chi connectivity index (χ0n) is 16.6. The Bertz CT molecular complexity index is 1010. The molecule has 0 unspecified atom stereocenters. The second kappa shape index (κ2) is 9.01. The van der Waals surface area contributed by atoms with Crippen LogP contribution in [0.2, 0.25) is 0 Å². The molecule has 0 aliphatic rings. The first kappa shape index (κ1) is 20.1. The Morgan fingerprint density at radius 3 is 2.17 bits per heavy atom. The monoisotopic (exact) mass is 393 g/mol. The zero-order chi connectivity index (χ0) is 20.8. The first-order chi connectivity index (χ1) is 14.1. The van der Waals surface area contributed by atoms with Crippen LogP contribution in [0, 0.1) is 10.8 Å². The summed E-state index contributed by atoms with van der Waals surface area (Å²) >= 11 is 0. The van der Waals surface area contributed by atoms with Crippen LogP contribution in [0.3, 0.4) is 0 Å². The highest BCUT2D eigenvalue weighted by atomic mass is 16.5. The quantitative estimate of drug-likeness (QED) is 0.471. The number of rotatable bonds is 7. The van der Waals surface area contributed by atoms with Crippen LogP contribution in [0.15, 0.2) is 48.7 Å². The minimum atomic E-state index is 0.0871. The summed E-state index contributed by atoms with van der Waals surface area (Å²) in [5.74, 6) is 0.833. The molecule has 0 fully saturated rings. The molecule has 3 aromatic rings. The number of benzene rings is 2. The van der Waals surface area contributed by atoms with Crippen LogP contribution < -0.4 is 4.74 Å². The molecule has 0 aliphatic heterocycles. The van der Waals surface area contributed by atoms with E-state index in [-0.39, 0.29) is 11.8 Å². The molecule has 8 nitrogen and oxygen atoms in total. The van der Waals surface area contributed by atoms with Gasteiger partial charge in [0, 0.05) is 16.7 Å². The molecule has 0 aliphatic carbocycles. The topological polar surface area (TPSA) is 106 Å². The van der Waals surface area contributed by atoms with Gasteiger partial charge in [-0.2, -0.15) is 0 Å². The van der Waals surface area contributed by atoms with Gasteiger partial charge < -0.3 is 14.2 Å². The third-order valence-corrected chi connectivity index (χ3v) is 4.20. The van der Waals surface area contributed by atoms with E-state index in [0.717, 1.165) is 5.56 Å². The van der Waals surface area contributed by atoms with Gasteiger partial charge in [0.05, 0.1) is 26.5 Å². The minimum Gasteiger partial charge on any atom is -0.494 e. The summed E-state index contributed by atoms with van der Waals surface area (Å²) in [6, 6.07) is 12.7. The Hall–Kier alpha value is -3.68. The maximum Gasteiger partial charge on any atom is 0.213 e. The standard InChI is InChI=1S/C21H23N5O3/c1-4-28-20(22)15-8-6-14(7-9-15)17-13-26(25-24-17)18-12-16(21(23)29-5-2)10-11-19(18)27-3/h6-13,22-23H,4-5H2,1-3H3. The Morgan fingerprint density at radius 2 is 1.55 bits per heavy atom. The molecule has 3 rings (SSSR count). The van der Waals surface area contributed by atoms with Gasteiger partial charge in [0.25, 0.3) is 0 Å². The number of methoxy groups -OCH3 is 1. The lowest BCUT2D eigenvalue weighted by Gasteiger charge is -2.11. The second-order valence-electron chi connectivity index (χ2n) is 6.04. The summed E-state index contributed by atoms with van der Waals surface area (Å²) in [6.45, 7) is 4.56. The molecule has 0 spiro atoms. The largest absolute Gasteiger partial charge is 0.494 e. The number of nitrogens with zero attached hydrogens (tertiary/aromatic N) is 3. The molecule has 0 saturated carbocycles. The van der Waals surface area contributed by atoms with E-state index in [4.69, 9.17) is 25.0 Å². The van der Waals surface area contributed by atoms with Crippen LogP contribution in [0.1, 0.15) is 25.0 Å². The first-order valence-corrected chi connectivity index (χ1v) is 9.22. The van der Waals surface area contributed by atoms with Gasteiger partial charge in [-0.3, -0.25) is 10.8 Å². The van der Waals surface area contributed by atoms with Crippen molar-refractivity contribution in [3.8, 4) is 22.7 Å². The van der Waals surface area contributed by atoms with Crippen LogP contribution in [0.25, 0.3) is 16.9 Å². The molecule has 0 amide bonds. The van der Waals surface area contributed by atoms with Gasteiger partial charge in [-0.25, -0.2) is 4.68 Å². The van der Waals surface area contributed by atoms with E-state index in [2.05, 4.69) is 10.3 Å². The lowest BCUT2D eigenvalue weighted by molar-refractivity contribution is 0.325. The van der Waals surface area contributed by atoms with Crippen molar-refractivity contribution in [3.63, 3.8) is 0 Å². The average Bonchev–Trinajstić information content (AvgIpc) is 3.24. The molecule has 1 heterocycles.